The first-order valence-corrected chi connectivity index (χ1v) is 6.13. The fourth-order valence-electron chi connectivity index (χ4n) is 1.42. The predicted octanol–water partition coefficient (Wildman–Crippen LogP) is 3.22. The molecule has 3 nitrogen and oxygen atoms in total. The van der Waals surface area contributed by atoms with Crippen molar-refractivity contribution in [2.45, 2.75) is 6.54 Å². The Labute approximate surface area is 118 Å². The summed E-state index contributed by atoms with van der Waals surface area (Å²) in [4.78, 5) is 10.7. The van der Waals surface area contributed by atoms with Gasteiger partial charge in [0.1, 0.15) is 5.75 Å². The summed E-state index contributed by atoms with van der Waals surface area (Å²) >= 11 is 5.27. The summed E-state index contributed by atoms with van der Waals surface area (Å²) in [6.07, 6.45) is 0. The number of hydrogen-bond acceptors (Lipinski definition) is 3. The number of halogens is 1. The van der Waals surface area contributed by atoms with Crippen LogP contribution in [0.2, 0.25) is 0 Å². The number of rotatable bonds is 3. The van der Waals surface area contributed by atoms with E-state index >= 15 is 0 Å². The Morgan fingerprint density at radius 2 is 1.68 bits per heavy atom. The zero-order chi connectivity index (χ0) is 14.1. The van der Waals surface area contributed by atoms with Crippen molar-refractivity contribution in [1.29, 1.82) is 0 Å². The van der Waals surface area contributed by atoms with E-state index in [9.17, 15) is 4.79 Å². The Bertz CT molecular complexity index is 515. The lowest BCUT2D eigenvalue weighted by Gasteiger charge is -2.01. The van der Waals surface area contributed by atoms with Gasteiger partial charge >= 0.3 is 0 Å². The minimum Gasteiger partial charge on any atom is -0.496 e. The van der Waals surface area contributed by atoms with E-state index in [1.165, 1.54) is 12.7 Å². The molecule has 0 amide bonds. The Morgan fingerprint density at radius 1 is 1.11 bits per heavy atom. The molecule has 0 atom stereocenters. The highest BCUT2D eigenvalue weighted by molar-refractivity contribution is 6.68. The van der Waals surface area contributed by atoms with E-state index in [4.69, 9.17) is 22.1 Å². The molecule has 2 N–H and O–H groups in total. The lowest BCUT2D eigenvalue weighted by atomic mass is 10.2. The maximum atomic E-state index is 10.7. The van der Waals surface area contributed by atoms with Gasteiger partial charge in [0, 0.05) is 6.54 Å². The zero-order valence-electron chi connectivity index (χ0n) is 10.7. The van der Waals surface area contributed by atoms with Crippen molar-refractivity contribution >= 4 is 16.8 Å². The number of para-hydroxylation sites is 1. The number of methoxy groups -OCH3 is 1. The van der Waals surface area contributed by atoms with Crippen LogP contribution in [0.25, 0.3) is 0 Å². The molecular weight excluding hydrogens is 262 g/mol. The van der Waals surface area contributed by atoms with Gasteiger partial charge in [0.2, 0.25) is 0 Å². The minimum atomic E-state index is -0.498. The molecule has 0 aliphatic heterocycles. The summed E-state index contributed by atoms with van der Waals surface area (Å²) in [6, 6.07) is 16.8. The Hall–Kier alpha value is -1.84. The van der Waals surface area contributed by atoms with Gasteiger partial charge in [0.25, 0.3) is 5.24 Å². The number of benzene rings is 2. The summed E-state index contributed by atoms with van der Waals surface area (Å²) in [5, 5.41) is -0.498. The zero-order valence-corrected chi connectivity index (χ0v) is 11.4. The molecule has 100 valence electrons. The van der Waals surface area contributed by atoms with Gasteiger partial charge in [0.15, 0.2) is 0 Å². The van der Waals surface area contributed by atoms with Gasteiger partial charge in [0.05, 0.1) is 12.7 Å². The number of carbonyl (C=O) groups is 1. The minimum absolute atomic E-state index is 0.400. The van der Waals surface area contributed by atoms with Crippen molar-refractivity contribution in [3.8, 4) is 5.75 Å². The lowest BCUT2D eigenvalue weighted by molar-refractivity contribution is 0.107. The SMILES string of the molecule is COc1ccccc1C(=O)Cl.NCc1ccccc1. The topological polar surface area (TPSA) is 52.3 Å². The molecule has 0 aromatic heterocycles. The van der Waals surface area contributed by atoms with Gasteiger partial charge < -0.3 is 10.5 Å². The van der Waals surface area contributed by atoms with Crippen molar-refractivity contribution in [2.24, 2.45) is 5.73 Å². The molecule has 0 saturated carbocycles. The van der Waals surface area contributed by atoms with Crippen molar-refractivity contribution in [3.05, 3.63) is 65.7 Å². The quantitative estimate of drug-likeness (QED) is 0.877. The first-order chi connectivity index (χ1) is 9.19. The second-order valence-electron chi connectivity index (χ2n) is 3.66. The highest BCUT2D eigenvalue weighted by Crippen LogP contribution is 2.18. The summed E-state index contributed by atoms with van der Waals surface area (Å²) in [5.41, 5.74) is 6.94. The Balaban J connectivity index is 0.000000200. The molecule has 0 fully saturated rings. The molecule has 0 aliphatic rings. The standard InChI is InChI=1S/C8H7ClO2.C7H9N/c1-11-7-5-3-2-4-6(7)8(9)10;8-6-7-4-2-1-3-5-7/h2-5H,1H3;1-5H,6,8H2. The first-order valence-electron chi connectivity index (χ1n) is 5.76. The summed E-state index contributed by atoms with van der Waals surface area (Å²) in [5.74, 6) is 0.507. The third-order valence-electron chi connectivity index (χ3n) is 2.40. The van der Waals surface area contributed by atoms with E-state index < -0.39 is 5.24 Å². The van der Waals surface area contributed by atoms with Crippen LogP contribution in [0.1, 0.15) is 15.9 Å². The van der Waals surface area contributed by atoms with E-state index in [0.717, 1.165) is 0 Å². The van der Waals surface area contributed by atoms with Crippen molar-refractivity contribution in [3.63, 3.8) is 0 Å². The molecular formula is C15H16ClNO2. The molecule has 2 rings (SSSR count). The van der Waals surface area contributed by atoms with Gasteiger partial charge in [-0.3, -0.25) is 4.79 Å². The summed E-state index contributed by atoms with van der Waals surface area (Å²) in [6.45, 7) is 0.640. The van der Waals surface area contributed by atoms with Gasteiger partial charge in [-0.25, -0.2) is 0 Å². The molecule has 0 spiro atoms. The Kier molecular flexibility index (Phi) is 6.64. The summed E-state index contributed by atoms with van der Waals surface area (Å²) < 4.78 is 4.90. The maximum Gasteiger partial charge on any atom is 0.256 e. The molecule has 0 saturated heterocycles. The third-order valence-corrected chi connectivity index (χ3v) is 2.60. The van der Waals surface area contributed by atoms with Crippen LogP contribution in [0, 0.1) is 0 Å². The number of nitrogens with two attached hydrogens (primary N) is 1. The van der Waals surface area contributed by atoms with Gasteiger partial charge in [-0.15, -0.1) is 0 Å². The monoisotopic (exact) mass is 277 g/mol. The average Bonchev–Trinajstić information content (AvgIpc) is 2.48. The maximum absolute atomic E-state index is 10.7. The molecule has 0 unspecified atom stereocenters. The van der Waals surface area contributed by atoms with E-state index in [1.807, 2.05) is 30.3 Å². The van der Waals surface area contributed by atoms with Crippen LogP contribution in [-0.4, -0.2) is 12.4 Å². The average molecular weight is 278 g/mol. The molecule has 4 heteroatoms. The van der Waals surface area contributed by atoms with Crippen LogP contribution in [0.3, 0.4) is 0 Å². The van der Waals surface area contributed by atoms with Gasteiger partial charge in [-0.1, -0.05) is 42.5 Å². The second kappa shape index (κ2) is 8.29. The summed E-state index contributed by atoms with van der Waals surface area (Å²) in [7, 11) is 1.50. The number of hydrogen-bond donors (Lipinski definition) is 1. The molecule has 0 aliphatic carbocycles. The van der Waals surface area contributed by atoms with Crippen molar-refractivity contribution < 1.29 is 9.53 Å². The normalized spacial score (nSPS) is 9.21. The van der Waals surface area contributed by atoms with Crippen LogP contribution in [0.5, 0.6) is 5.75 Å². The molecule has 2 aromatic carbocycles. The highest BCUT2D eigenvalue weighted by Gasteiger charge is 2.06. The molecule has 2 aromatic rings. The fourth-order valence-corrected chi connectivity index (χ4v) is 1.58. The second-order valence-corrected chi connectivity index (χ2v) is 4.01. The van der Waals surface area contributed by atoms with Crippen molar-refractivity contribution in [1.82, 2.24) is 0 Å². The fraction of sp³-hybridized carbons (Fsp3) is 0.133. The highest BCUT2D eigenvalue weighted by atomic mass is 35.5. The molecule has 19 heavy (non-hydrogen) atoms. The first kappa shape index (κ1) is 15.2. The largest absolute Gasteiger partial charge is 0.496 e. The van der Waals surface area contributed by atoms with Gasteiger partial charge in [-0.2, -0.15) is 0 Å². The lowest BCUT2D eigenvalue weighted by Crippen LogP contribution is -1.94. The Morgan fingerprint density at radius 3 is 2.11 bits per heavy atom. The molecule has 0 heterocycles. The predicted molar refractivity (Wildman–Crippen MR) is 77.5 cm³/mol. The van der Waals surface area contributed by atoms with Crippen LogP contribution in [-0.2, 0) is 6.54 Å². The molecule has 0 bridgehead atoms. The van der Waals surface area contributed by atoms with E-state index in [2.05, 4.69) is 0 Å². The van der Waals surface area contributed by atoms with Crippen LogP contribution in [0.4, 0.5) is 0 Å². The van der Waals surface area contributed by atoms with E-state index in [0.29, 0.717) is 17.9 Å². The smallest absolute Gasteiger partial charge is 0.256 e. The number of carbonyl (C=O) groups excluding carboxylic acids is 1. The number of ether oxygens (including phenoxy) is 1. The van der Waals surface area contributed by atoms with Crippen LogP contribution in [0.15, 0.2) is 54.6 Å². The molecule has 0 radical (unpaired) electrons. The van der Waals surface area contributed by atoms with Crippen LogP contribution >= 0.6 is 11.6 Å². The van der Waals surface area contributed by atoms with E-state index in [-0.39, 0.29) is 0 Å². The van der Waals surface area contributed by atoms with Crippen molar-refractivity contribution in [2.75, 3.05) is 7.11 Å². The third kappa shape index (κ3) is 5.12. The van der Waals surface area contributed by atoms with E-state index in [1.54, 1.807) is 24.3 Å². The van der Waals surface area contributed by atoms with Gasteiger partial charge in [-0.05, 0) is 29.3 Å². The van der Waals surface area contributed by atoms with Crippen LogP contribution < -0.4 is 10.5 Å².